The number of nitrogens with two attached hydrogens (primary N) is 1. The number of aryl methyl sites for hydroxylation is 2. The SMILES string of the molecule is COc1ccc(CCNC(=O)Cn2cc(CCCc3cnc(N)[nH]3)nn2)cc1.Cl. The summed E-state index contributed by atoms with van der Waals surface area (Å²) in [5, 5.41) is 11.0. The first-order chi connectivity index (χ1) is 13.6. The maximum Gasteiger partial charge on any atom is 0.241 e. The van der Waals surface area contributed by atoms with Crippen molar-refractivity contribution in [3.05, 3.63) is 53.6 Å². The summed E-state index contributed by atoms with van der Waals surface area (Å²) in [7, 11) is 1.64. The van der Waals surface area contributed by atoms with Crippen LogP contribution < -0.4 is 15.8 Å². The van der Waals surface area contributed by atoms with Gasteiger partial charge in [-0.25, -0.2) is 9.67 Å². The number of carbonyl (C=O) groups excluding carboxylic acids is 1. The summed E-state index contributed by atoms with van der Waals surface area (Å²) >= 11 is 0. The number of nitrogens with one attached hydrogen (secondary N) is 2. The molecule has 0 bridgehead atoms. The molecule has 0 fully saturated rings. The van der Waals surface area contributed by atoms with E-state index in [4.69, 9.17) is 10.5 Å². The van der Waals surface area contributed by atoms with Gasteiger partial charge in [-0.05, 0) is 43.4 Å². The summed E-state index contributed by atoms with van der Waals surface area (Å²) in [5.74, 6) is 1.17. The Labute approximate surface area is 175 Å². The van der Waals surface area contributed by atoms with E-state index in [1.54, 1.807) is 18.0 Å². The van der Waals surface area contributed by atoms with Crippen LogP contribution in [0.2, 0.25) is 0 Å². The number of imidazole rings is 1. The van der Waals surface area contributed by atoms with Crippen molar-refractivity contribution in [2.75, 3.05) is 19.4 Å². The molecular weight excluding hydrogens is 394 g/mol. The Morgan fingerprint density at radius 2 is 2.03 bits per heavy atom. The molecule has 9 nitrogen and oxygen atoms in total. The van der Waals surface area contributed by atoms with Gasteiger partial charge in [0.05, 0.1) is 19.0 Å². The molecule has 1 amide bonds. The van der Waals surface area contributed by atoms with E-state index in [9.17, 15) is 4.79 Å². The Kier molecular flexibility index (Phi) is 8.47. The quantitative estimate of drug-likeness (QED) is 0.458. The van der Waals surface area contributed by atoms with Gasteiger partial charge < -0.3 is 20.8 Å². The molecule has 0 unspecified atom stereocenters. The molecule has 3 aromatic rings. The van der Waals surface area contributed by atoms with Crippen molar-refractivity contribution in [1.29, 1.82) is 0 Å². The molecule has 156 valence electrons. The van der Waals surface area contributed by atoms with Crippen molar-refractivity contribution >= 4 is 24.3 Å². The Bertz CT molecular complexity index is 892. The molecule has 29 heavy (non-hydrogen) atoms. The highest BCUT2D eigenvalue weighted by Crippen LogP contribution is 2.11. The van der Waals surface area contributed by atoms with E-state index < -0.39 is 0 Å². The molecule has 0 aliphatic carbocycles. The van der Waals surface area contributed by atoms with E-state index in [2.05, 4.69) is 25.6 Å². The van der Waals surface area contributed by atoms with Crippen LogP contribution in [-0.4, -0.2) is 44.5 Å². The molecule has 2 aromatic heterocycles. The third-order valence-corrected chi connectivity index (χ3v) is 4.31. The first kappa shape index (κ1) is 22.2. The molecule has 0 spiro atoms. The largest absolute Gasteiger partial charge is 0.497 e. The second-order valence-electron chi connectivity index (χ2n) is 6.50. The zero-order valence-electron chi connectivity index (χ0n) is 16.3. The van der Waals surface area contributed by atoms with Gasteiger partial charge >= 0.3 is 0 Å². The maximum atomic E-state index is 12.1. The number of nitrogens with zero attached hydrogens (tertiary/aromatic N) is 4. The number of benzene rings is 1. The normalized spacial score (nSPS) is 10.4. The Hall–Kier alpha value is -3.07. The van der Waals surface area contributed by atoms with Crippen molar-refractivity contribution in [2.24, 2.45) is 0 Å². The van der Waals surface area contributed by atoms with Crippen LogP contribution in [0, 0.1) is 0 Å². The van der Waals surface area contributed by atoms with Crippen LogP contribution in [0.1, 0.15) is 23.4 Å². The number of aromatic amines is 1. The van der Waals surface area contributed by atoms with Crippen molar-refractivity contribution in [1.82, 2.24) is 30.3 Å². The average molecular weight is 420 g/mol. The summed E-state index contributed by atoms with van der Waals surface area (Å²) in [6.07, 6.45) is 6.82. The topological polar surface area (TPSA) is 124 Å². The lowest BCUT2D eigenvalue weighted by molar-refractivity contribution is -0.121. The third kappa shape index (κ3) is 7.11. The lowest BCUT2D eigenvalue weighted by Gasteiger charge is -2.06. The lowest BCUT2D eigenvalue weighted by Crippen LogP contribution is -2.29. The van der Waals surface area contributed by atoms with E-state index in [0.717, 1.165) is 48.4 Å². The van der Waals surface area contributed by atoms with Crippen LogP contribution in [0.5, 0.6) is 5.75 Å². The molecule has 0 atom stereocenters. The molecule has 3 rings (SSSR count). The fourth-order valence-corrected chi connectivity index (χ4v) is 2.84. The summed E-state index contributed by atoms with van der Waals surface area (Å²) in [4.78, 5) is 19.0. The lowest BCUT2D eigenvalue weighted by atomic mass is 10.1. The first-order valence-electron chi connectivity index (χ1n) is 9.20. The molecule has 1 aromatic carbocycles. The molecule has 4 N–H and O–H groups in total. The average Bonchev–Trinajstić information content (AvgIpc) is 3.31. The fraction of sp³-hybridized carbons (Fsp3) is 0.368. The molecule has 2 heterocycles. The summed E-state index contributed by atoms with van der Waals surface area (Å²) in [6, 6.07) is 7.81. The maximum absolute atomic E-state index is 12.1. The molecule has 0 radical (unpaired) electrons. The Morgan fingerprint density at radius 3 is 2.72 bits per heavy atom. The summed E-state index contributed by atoms with van der Waals surface area (Å²) < 4.78 is 6.70. The first-order valence-corrected chi connectivity index (χ1v) is 9.20. The highest BCUT2D eigenvalue weighted by molar-refractivity contribution is 5.85. The monoisotopic (exact) mass is 419 g/mol. The van der Waals surface area contributed by atoms with Crippen molar-refractivity contribution in [3.8, 4) is 5.75 Å². The zero-order chi connectivity index (χ0) is 19.8. The standard InChI is InChI=1S/C19H25N7O2.ClH/c1-28-17-7-5-14(6-8-17)9-10-21-18(27)13-26-12-16(24-25-26)4-2-3-15-11-22-19(20)23-15;/h5-8,11-12H,2-4,9-10,13H2,1H3,(H,21,27)(H3,20,22,23);1H. The van der Waals surface area contributed by atoms with E-state index in [1.165, 1.54) is 0 Å². The highest BCUT2D eigenvalue weighted by atomic mass is 35.5. The number of hydrogen-bond donors (Lipinski definition) is 3. The van der Waals surface area contributed by atoms with Gasteiger partial charge in [0.1, 0.15) is 12.3 Å². The van der Waals surface area contributed by atoms with Gasteiger partial charge in [-0.2, -0.15) is 0 Å². The number of ether oxygens (including phenoxy) is 1. The number of methoxy groups -OCH3 is 1. The molecule has 10 heteroatoms. The number of nitrogen functional groups attached to an aromatic ring is 1. The van der Waals surface area contributed by atoms with E-state index >= 15 is 0 Å². The van der Waals surface area contributed by atoms with Crippen molar-refractivity contribution < 1.29 is 9.53 Å². The smallest absolute Gasteiger partial charge is 0.241 e. The second kappa shape index (κ2) is 11.1. The zero-order valence-corrected chi connectivity index (χ0v) is 17.1. The number of rotatable bonds is 10. The van der Waals surface area contributed by atoms with Gasteiger partial charge in [-0.3, -0.25) is 4.79 Å². The number of halogens is 1. The van der Waals surface area contributed by atoms with Gasteiger partial charge in [-0.1, -0.05) is 17.3 Å². The van der Waals surface area contributed by atoms with E-state index in [-0.39, 0.29) is 24.9 Å². The number of amides is 1. The Morgan fingerprint density at radius 1 is 1.24 bits per heavy atom. The van der Waals surface area contributed by atoms with E-state index in [0.29, 0.717) is 12.5 Å². The molecule has 0 aliphatic heterocycles. The number of hydrogen-bond acceptors (Lipinski definition) is 6. The summed E-state index contributed by atoms with van der Waals surface area (Å²) in [6.45, 7) is 0.729. The van der Waals surface area contributed by atoms with Gasteiger partial charge in [-0.15, -0.1) is 17.5 Å². The fourth-order valence-electron chi connectivity index (χ4n) is 2.84. The minimum atomic E-state index is -0.0853. The minimum absolute atomic E-state index is 0. The van der Waals surface area contributed by atoms with Crippen LogP contribution in [0.25, 0.3) is 0 Å². The molecule has 0 aliphatic rings. The molecule has 0 saturated carbocycles. The number of carbonyl (C=O) groups is 1. The predicted octanol–water partition coefficient (Wildman–Crippen LogP) is 1.55. The second-order valence-corrected chi connectivity index (χ2v) is 6.50. The van der Waals surface area contributed by atoms with Gasteiger partial charge in [0.15, 0.2) is 5.95 Å². The van der Waals surface area contributed by atoms with Crippen molar-refractivity contribution in [2.45, 2.75) is 32.2 Å². The van der Waals surface area contributed by atoms with Gasteiger partial charge in [0.25, 0.3) is 0 Å². The van der Waals surface area contributed by atoms with Crippen LogP contribution in [-0.2, 0) is 30.6 Å². The van der Waals surface area contributed by atoms with Crippen LogP contribution in [0.3, 0.4) is 0 Å². The van der Waals surface area contributed by atoms with Gasteiger partial charge in [0, 0.05) is 18.4 Å². The van der Waals surface area contributed by atoms with Crippen LogP contribution in [0.4, 0.5) is 5.95 Å². The number of aromatic nitrogens is 5. The third-order valence-electron chi connectivity index (χ3n) is 4.31. The summed E-state index contributed by atoms with van der Waals surface area (Å²) in [5.41, 5.74) is 8.56. The number of H-pyrrole nitrogens is 1. The van der Waals surface area contributed by atoms with Crippen LogP contribution in [0.15, 0.2) is 36.7 Å². The van der Waals surface area contributed by atoms with Crippen molar-refractivity contribution in [3.63, 3.8) is 0 Å². The highest BCUT2D eigenvalue weighted by Gasteiger charge is 2.07. The number of anilines is 1. The van der Waals surface area contributed by atoms with Crippen LogP contribution >= 0.6 is 12.4 Å². The predicted molar refractivity (Wildman–Crippen MR) is 112 cm³/mol. The molecule has 0 saturated heterocycles. The van der Waals surface area contributed by atoms with E-state index in [1.807, 2.05) is 30.5 Å². The minimum Gasteiger partial charge on any atom is -0.497 e. The Balaban J connectivity index is 0.00000300. The molecular formula is C19H26ClN7O2. The van der Waals surface area contributed by atoms with Gasteiger partial charge in [0.2, 0.25) is 5.91 Å².